The van der Waals surface area contributed by atoms with E-state index in [2.05, 4.69) is 15.5 Å². The number of nitrogens with zero attached hydrogens (tertiary/aromatic N) is 2. The molecule has 1 aliphatic carbocycles. The molecule has 6 nitrogen and oxygen atoms in total. The summed E-state index contributed by atoms with van der Waals surface area (Å²) in [6, 6.07) is 14.7. The number of rotatable bonds is 8. The first kappa shape index (κ1) is 20.2. The third-order valence-electron chi connectivity index (χ3n) is 4.95. The van der Waals surface area contributed by atoms with E-state index in [0.29, 0.717) is 41.1 Å². The first-order chi connectivity index (χ1) is 14.6. The lowest BCUT2D eigenvalue weighted by molar-refractivity contribution is 0.0950. The largest absolute Gasteiger partial charge is 0.496 e. The molecule has 1 aromatic heterocycles. The van der Waals surface area contributed by atoms with Crippen LogP contribution in [0.3, 0.4) is 0 Å². The van der Waals surface area contributed by atoms with Gasteiger partial charge in [-0.25, -0.2) is 0 Å². The number of benzene rings is 2. The second kappa shape index (κ2) is 9.13. The maximum atomic E-state index is 12.6. The highest BCUT2D eigenvalue weighted by atomic mass is 35.5. The molecule has 2 aromatic carbocycles. The van der Waals surface area contributed by atoms with Crippen LogP contribution in [0.2, 0.25) is 5.02 Å². The predicted octanol–water partition coefficient (Wildman–Crippen LogP) is 4.52. The van der Waals surface area contributed by atoms with E-state index in [9.17, 15) is 4.79 Å². The van der Waals surface area contributed by atoms with Crippen LogP contribution in [0.4, 0.5) is 0 Å². The zero-order valence-electron chi connectivity index (χ0n) is 16.6. The van der Waals surface area contributed by atoms with Crippen molar-refractivity contribution in [3.05, 3.63) is 70.9 Å². The molecule has 1 saturated carbocycles. The second-order valence-electron chi connectivity index (χ2n) is 7.22. The zero-order valence-corrected chi connectivity index (χ0v) is 17.4. The number of carbonyl (C=O) groups is 1. The van der Waals surface area contributed by atoms with Crippen molar-refractivity contribution in [3.8, 4) is 22.8 Å². The van der Waals surface area contributed by atoms with Crippen molar-refractivity contribution < 1.29 is 14.3 Å². The Morgan fingerprint density at radius 2 is 2.00 bits per heavy atom. The topological polar surface area (TPSA) is 73.3 Å². The van der Waals surface area contributed by atoms with Gasteiger partial charge in [-0.3, -0.25) is 4.79 Å². The SMILES string of the molecule is COc1ccccc1CNC(=O)c1cnnc(-c2ccc(OCC3CC3)c(Cl)c2)c1. The van der Waals surface area contributed by atoms with E-state index < -0.39 is 0 Å². The molecular formula is C23H22ClN3O3. The summed E-state index contributed by atoms with van der Waals surface area (Å²) >= 11 is 6.37. The normalized spacial score (nSPS) is 13.0. The van der Waals surface area contributed by atoms with Gasteiger partial charge in [0, 0.05) is 17.7 Å². The van der Waals surface area contributed by atoms with Gasteiger partial charge >= 0.3 is 0 Å². The Labute approximate surface area is 180 Å². The molecule has 1 fully saturated rings. The second-order valence-corrected chi connectivity index (χ2v) is 7.63. The zero-order chi connectivity index (χ0) is 20.9. The average Bonchev–Trinajstić information content (AvgIpc) is 3.61. The Hall–Kier alpha value is -3.12. The van der Waals surface area contributed by atoms with E-state index in [1.807, 2.05) is 36.4 Å². The van der Waals surface area contributed by atoms with E-state index in [1.165, 1.54) is 19.0 Å². The molecule has 0 atom stereocenters. The van der Waals surface area contributed by atoms with Crippen LogP contribution < -0.4 is 14.8 Å². The van der Waals surface area contributed by atoms with Crippen molar-refractivity contribution in [2.75, 3.05) is 13.7 Å². The summed E-state index contributed by atoms with van der Waals surface area (Å²) in [5.41, 5.74) is 2.64. The van der Waals surface area contributed by atoms with Crippen LogP contribution in [0.1, 0.15) is 28.8 Å². The van der Waals surface area contributed by atoms with Crippen LogP contribution >= 0.6 is 11.6 Å². The van der Waals surface area contributed by atoms with Gasteiger partial charge in [-0.05, 0) is 49.1 Å². The smallest absolute Gasteiger partial charge is 0.253 e. The van der Waals surface area contributed by atoms with Gasteiger partial charge in [-0.15, -0.1) is 0 Å². The molecule has 0 radical (unpaired) electrons. The van der Waals surface area contributed by atoms with Crippen LogP contribution in [0.25, 0.3) is 11.3 Å². The summed E-state index contributed by atoms with van der Waals surface area (Å²) in [6.45, 7) is 1.04. The Kier molecular flexibility index (Phi) is 6.14. The number of halogens is 1. The van der Waals surface area contributed by atoms with Gasteiger partial charge in [-0.2, -0.15) is 10.2 Å². The van der Waals surface area contributed by atoms with Gasteiger partial charge in [0.15, 0.2) is 0 Å². The molecule has 1 aliphatic rings. The Balaban J connectivity index is 1.45. The molecular weight excluding hydrogens is 402 g/mol. The quantitative estimate of drug-likeness (QED) is 0.576. The highest BCUT2D eigenvalue weighted by Gasteiger charge is 2.22. The average molecular weight is 424 g/mol. The van der Waals surface area contributed by atoms with Crippen molar-refractivity contribution in [2.24, 2.45) is 5.92 Å². The molecule has 7 heteroatoms. The molecule has 154 valence electrons. The molecule has 0 aliphatic heterocycles. The number of hydrogen-bond donors (Lipinski definition) is 1. The maximum absolute atomic E-state index is 12.6. The van der Waals surface area contributed by atoms with Crippen molar-refractivity contribution >= 4 is 17.5 Å². The van der Waals surface area contributed by atoms with Crippen LogP contribution in [0, 0.1) is 5.92 Å². The van der Waals surface area contributed by atoms with Gasteiger partial charge in [0.1, 0.15) is 11.5 Å². The molecule has 0 bridgehead atoms. The Morgan fingerprint density at radius 1 is 1.17 bits per heavy atom. The van der Waals surface area contributed by atoms with Crippen LogP contribution in [0.5, 0.6) is 11.5 Å². The fraction of sp³-hybridized carbons (Fsp3) is 0.261. The summed E-state index contributed by atoms with van der Waals surface area (Å²) in [4.78, 5) is 12.6. The van der Waals surface area contributed by atoms with Crippen molar-refractivity contribution in [1.29, 1.82) is 0 Å². The molecule has 4 rings (SSSR count). The summed E-state index contributed by atoms with van der Waals surface area (Å²) < 4.78 is 11.1. The molecule has 30 heavy (non-hydrogen) atoms. The standard InChI is InChI=1S/C23H22ClN3O3/c1-29-21-5-3-2-4-17(21)12-25-23(28)18-11-20(27-26-13-18)16-8-9-22(19(24)10-16)30-14-15-6-7-15/h2-5,8-11,13,15H,6-7,12,14H2,1H3,(H,25,28). The van der Waals surface area contributed by atoms with E-state index in [4.69, 9.17) is 21.1 Å². The van der Waals surface area contributed by atoms with Gasteiger partial charge in [-0.1, -0.05) is 29.8 Å². The van der Waals surface area contributed by atoms with Gasteiger partial charge in [0.05, 0.1) is 36.2 Å². The molecule has 3 aromatic rings. The van der Waals surface area contributed by atoms with Gasteiger partial charge in [0.25, 0.3) is 5.91 Å². The lowest BCUT2D eigenvalue weighted by Crippen LogP contribution is -2.23. The summed E-state index contributed by atoms with van der Waals surface area (Å²) in [7, 11) is 1.60. The van der Waals surface area contributed by atoms with Crippen molar-refractivity contribution in [3.63, 3.8) is 0 Å². The third kappa shape index (κ3) is 4.89. The number of para-hydroxylation sites is 1. The number of methoxy groups -OCH3 is 1. The van der Waals surface area contributed by atoms with E-state index in [-0.39, 0.29) is 5.91 Å². The van der Waals surface area contributed by atoms with Gasteiger partial charge < -0.3 is 14.8 Å². The fourth-order valence-corrected chi connectivity index (χ4v) is 3.26. The van der Waals surface area contributed by atoms with Crippen molar-refractivity contribution in [2.45, 2.75) is 19.4 Å². The number of aromatic nitrogens is 2. The summed E-state index contributed by atoms with van der Waals surface area (Å²) in [5, 5.41) is 11.5. The number of carbonyl (C=O) groups excluding carboxylic acids is 1. The highest BCUT2D eigenvalue weighted by Crippen LogP contribution is 2.33. The third-order valence-corrected chi connectivity index (χ3v) is 5.24. The molecule has 1 heterocycles. The van der Waals surface area contributed by atoms with Crippen LogP contribution in [-0.4, -0.2) is 29.8 Å². The first-order valence-electron chi connectivity index (χ1n) is 9.79. The lowest BCUT2D eigenvalue weighted by Gasteiger charge is -2.10. The summed E-state index contributed by atoms with van der Waals surface area (Å²) in [6.07, 6.45) is 3.88. The minimum Gasteiger partial charge on any atom is -0.496 e. The molecule has 0 saturated heterocycles. The number of amides is 1. The first-order valence-corrected chi connectivity index (χ1v) is 10.2. The van der Waals surface area contributed by atoms with Crippen LogP contribution in [0.15, 0.2) is 54.7 Å². The minimum absolute atomic E-state index is 0.243. The summed E-state index contributed by atoms with van der Waals surface area (Å²) in [5.74, 6) is 1.79. The van der Waals surface area contributed by atoms with Crippen LogP contribution in [-0.2, 0) is 6.54 Å². The predicted molar refractivity (Wildman–Crippen MR) is 115 cm³/mol. The van der Waals surface area contributed by atoms with E-state index >= 15 is 0 Å². The van der Waals surface area contributed by atoms with E-state index in [0.717, 1.165) is 16.9 Å². The molecule has 1 N–H and O–H groups in total. The van der Waals surface area contributed by atoms with E-state index in [1.54, 1.807) is 19.2 Å². The number of nitrogens with one attached hydrogen (secondary N) is 1. The Bertz CT molecular complexity index is 1050. The van der Waals surface area contributed by atoms with Crippen molar-refractivity contribution in [1.82, 2.24) is 15.5 Å². The Morgan fingerprint density at radius 3 is 2.77 bits per heavy atom. The molecule has 1 amide bonds. The minimum atomic E-state index is -0.243. The fourth-order valence-electron chi connectivity index (χ4n) is 3.03. The molecule has 0 spiro atoms. The molecule has 0 unspecified atom stereocenters. The monoisotopic (exact) mass is 423 g/mol. The number of hydrogen-bond acceptors (Lipinski definition) is 5. The van der Waals surface area contributed by atoms with Gasteiger partial charge in [0.2, 0.25) is 0 Å². The lowest BCUT2D eigenvalue weighted by atomic mass is 10.1. The highest BCUT2D eigenvalue weighted by molar-refractivity contribution is 6.32. The number of ether oxygens (including phenoxy) is 2. The maximum Gasteiger partial charge on any atom is 0.253 e.